The molecule has 0 aliphatic carbocycles. The van der Waals surface area contributed by atoms with E-state index in [1.807, 2.05) is 26.0 Å². The van der Waals surface area contributed by atoms with E-state index in [0.29, 0.717) is 5.69 Å². The molecule has 0 saturated carbocycles. The number of para-hydroxylation sites is 1. The Bertz CT molecular complexity index is 715. The molecule has 0 spiro atoms. The second kappa shape index (κ2) is 5.81. The molecule has 20 heavy (non-hydrogen) atoms. The standard InChI is InChI=1S/C14H15ClN2O2S/c1-10(2)12-5-3-4-6-13(12)17-20(18,19)11-7-8-16-14(15)9-11/h3-10,17H,1-2H3. The van der Waals surface area contributed by atoms with Gasteiger partial charge in [0.15, 0.2) is 0 Å². The lowest BCUT2D eigenvalue weighted by molar-refractivity contribution is 0.601. The van der Waals surface area contributed by atoms with E-state index >= 15 is 0 Å². The monoisotopic (exact) mass is 310 g/mol. The van der Waals surface area contributed by atoms with Crippen molar-refractivity contribution in [1.29, 1.82) is 0 Å². The molecule has 0 fully saturated rings. The fourth-order valence-electron chi connectivity index (χ4n) is 1.85. The highest BCUT2D eigenvalue weighted by molar-refractivity contribution is 7.92. The van der Waals surface area contributed by atoms with Gasteiger partial charge in [0, 0.05) is 6.20 Å². The second-order valence-electron chi connectivity index (χ2n) is 4.66. The zero-order valence-electron chi connectivity index (χ0n) is 11.2. The molecule has 1 aromatic heterocycles. The molecule has 4 nitrogen and oxygen atoms in total. The summed E-state index contributed by atoms with van der Waals surface area (Å²) in [7, 11) is -3.67. The number of benzene rings is 1. The van der Waals surface area contributed by atoms with E-state index < -0.39 is 10.0 Å². The van der Waals surface area contributed by atoms with E-state index in [1.54, 1.807) is 12.1 Å². The van der Waals surface area contributed by atoms with Crippen molar-refractivity contribution in [3.63, 3.8) is 0 Å². The van der Waals surface area contributed by atoms with Gasteiger partial charge in [0.2, 0.25) is 0 Å². The molecule has 1 heterocycles. The Morgan fingerprint density at radius 2 is 1.90 bits per heavy atom. The average Bonchev–Trinajstić information content (AvgIpc) is 2.38. The fraction of sp³-hybridized carbons (Fsp3) is 0.214. The number of hydrogen-bond acceptors (Lipinski definition) is 3. The predicted molar refractivity (Wildman–Crippen MR) is 80.6 cm³/mol. The van der Waals surface area contributed by atoms with Crippen LogP contribution in [0.3, 0.4) is 0 Å². The molecule has 2 rings (SSSR count). The first-order chi connectivity index (χ1) is 9.40. The minimum atomic E-state index is -3.67. The van der Waals surface area contributed by atoms with Gasteiger partial charge in [0.1, 0.15) is 5.15 Å². The summed E-state index contributed by atoms with van der Waals surface area (Å²) in [6.45, 7) is 4.02. The highest BCUT2D eigenvalue weighted by Gasteiger charge is 2.17. The van der Waals surface area contributed by atoms with Gasteiger partial charge in [-0.25, -0.2) is 13.4 Å². The third-order valence-corrected chi connectivity index (χ3v) is 4.41. The third kappa shape index (κ3) is 3.29. The smallest absolute Gasteiger partial charge is 0.262 e. The molecular formula is C14H15ClN2O2S. The Labute approximate surface area is 123 Å². The maximum Gasteiger partial charge on any atom is 0.262 e. The third-order valence-electron chi connectivity index (χ3n) is 2.84. The van der Waals surface area contributed by atoms with Crippen LogP contribution in [0.15, 0.2) is 47.5 Å². The summed E-state index contributed by atoms with van der Waals surface area (Å²) in [4.78, 5) is 3.87. The van der Waals surface area contributed by atoms with Crippen LogP contribution in [0, 0.1) is 0 Å². The molecule has 0 amide bonds. The Kier molecular flexibility index (Phi) is 4.30. The van der Waals surface area contributed by atoms with Crippen LogP contribution in [0.25, 0.3) is 0 Å². The predicted octanol–water partition coefficient (Wildman–Crippen LogP) is 3.66. The quantitative estimate of drug-likeness (QED) is 0.877. The summed E-state index contributed by atoms with van der Waals surface area (Å²) >= 11 is 5.73. The van der Waals surface area contributed by atoms with Crippen molar-refractivity contribution in [1.82, 2.24) is 4.98 Å². The minimum absolute atomic E-state index is 0.0936. The minimum Gasteiger partial charge on any atom is -0.279 e. The summed E-state index contributed by atoms with van der Waals surface area (Å²) in [5, 5.41) is 0.144. The SMILES string of the molecule is CC(C)c1ccccc1NS(=O)(=O)c1ccnc(Cl)c1. The van der Waals surface area contributed by atoms with Crippen LogP contribution in [0.4, 0.5) is 5.69 Å². The number of hydrogen-bond donors (Lipinski definition) is 1. The molecule has 0 atom stereocenters. The van der Waals surface area contributed by atoms with Gasteiger partial charge in [-0.2, -0.15) is 0 Å². The average molecular weight is 311 g/mol. The number of anilines is 1. The van der Waals surface area contributed by atoms with Crippen molar-refractivity contribution in [3.8, 4) is 0 Å². The number of aromatic nitrogens is 1. The highest BCUT2D eigenvalue weighted by Crippen LogP contribution is 2.26. The molecule has 2 aromatic rings. The molecule has 6 heteroatoms. The summed E-state index contributed by atoms with van der Waals surface area (Å²) in [6.07, 6.45) is 1.37. The summed E-state index contributed by atoms with van der Waals surface area (Å²) < 4.78 is 27.3. The zero-order valence-corrected chi connectivity index (χ0v) is 12.7. The van der Waals surface area contributed by atoms with Crippen LogP contribution in [0.2, 0.25) is 5.15 Å². The van der Waals surface area contributed by atoms with Crippen molar-refractivity contribution in [2.24, 2.45) is 0 Å². The maximum atomic E-state index is 12.3. The van der Waals surface area contributed by atoms with E-state index in [0.717, 1.165) is 5.56 Å². The number of nitrogens with one attached hydrogen (secondary N) is 1. The number of sulfonamides is 1. The molecule has 0 radical (unpaired) electrons. The first-order valence-corrected chi connectivity index (χ1v) is 7.99. The topological polar surface area (TPSA) is 59.1 Å². The van der Waals surface area contributed by atoms with Gasteiger partial charge in [-0.3, -0.25) is 4.72 Å². The largest absolute Gasteiger partial charge is 0.279 e. The van der Waals surface area contributed by atoms with Crippen molar-refractivity contribution in [2.75, 3.05) is 4.72 Å². The van der Waals surface area contributed by atoms with E-state index in [4.69, 9.17) is 11.6 Å². The van der Waals surface area contributed by atoms with Gasteiger partial charge < -0.3 is 0 Å². The number of nitrogens with zero attached hydrogens (tertiary/aromatic N) is 1. The molecule has 0 saturated heterocycles. The van der Waals surface area contributed by atoms with Crippen LogP contribution >= 0.6 is 11.6 Å². The van der Waals surface area contributed by atoms with Crippen LogP contribution in [-0.2, 0) is 10.0 Å². The van der Waals surface area contributed by atoms with Crippen LogP contribution in [0.5, 0.6) is 0 Å². The van der Waals surface area contributed by atoms with E-state index in [-0.39, 0.29) is 16.0 Å². The summed E-state index contributed by atoms with van der Waals surface area (Å²) in [6, 6.07) is 10.1. The first-order valence-electron chi connectivity index (χ1n) is 6.13. The molecule has 0 aliphatic rings. The first kappa shape index (κ1) is 14.8. The maximum absolute atomic E-state index is 12.3. The highest BCUT2D eigenvalue weighted by atomic mass is 35.5. The van der Waals surface area contributed by atoms with Gasteiger partial charge in [0.05, 0.1) is 10.6 Å². The molecule has 0 aliphatic heterocycles. The van der Waals surface area contributed by atoms with E-state index in [1.165, 1.54) is 18.3 Å². The summed E-state index contributed by atoms with van der Waals surface area (Å²) in [5.41, 5.74) is 1.52. The Morgan fingerprint density at radius 3 is 2.55 bits per heavy atom. The lowest BCUT2D eigenvalue weighted by Gasteiger charge is -2.14. The van der Waals surface area contributed by atoms with Gasteiger partial charge in [-0.15, -0.1) is 0 Å². The molecular weight excluding hydrogens is 296 g/mol. The molecule has 1 N–H and O–H groups in total. The van der Waals surface area contributed by atoms with Crippen molar-refractivity contribution >= 4 is 27.3 Å². The number of pyridine rings is 1. The number of rotatable bonds is 4. The van der Waals surface area contributed by atoms with Gasteiger partial charge >= 0.3 is 0 Å². The number of halogens is 1. The normalized spacial score (nSPS) is 11.6. The Hall–Kier alpha value is -1.59. The zero-order chi connectivity index (χ0) is 14.8. The van der Waals surface area contributed by atoms with Crippen LogP contribution < -0.4 is 4.72 Å². The fourth-order valence-corrected chi connectivity index (χ4v) is 3.19. The van der Waals surface area contributed by atoms with Crippen molar-refractivity contribution < 1.29 is 8.42 Å². The van der Waals surface area contributed by atoms with Crippen LogP contribution in [-0.4, -0.2) is 13.4 Å². The van der Waals surface area contributed by atoms with Crippen molar-refractivity contribution in [2.45, 2.75) is 24.7 Å². The van der Waals surface area contributed by atoms with Gasteiger partial charge in [0.25, 0.3) is 10.0 Å². The van der Waals surface area contributed by atoms with Gasteiger partial charge in [-0.05, 0) is 29.7 Å². The Morgan fingerprint density at radius 1 is 1.20 bits per heavy atom. The molecule has 0 unspecified atom stereocenters. The van der Waals surface area contributed by atoms with E-state index in [2.05, 4.69) is 9.71 Å². The summed E-state index contributed by atoms with van der Waals surface area (Å²) in [5.74, 6) is 0.218. The molecule has 1 aromatic carbocycles. The lowest BCUT2D eigenvalue weighted by atomic mass is 10.0. The molecule has 106 valence electrons. The van der Waals surface area contributed by atoms with Gasteiger partial charge in [-0.1, -0.05) is 43.6 Å². The van der Waals surface area contributed by atoms with E-state index in [9.17, 15) is 8.42 Å². The Balaban J connectivity index is 2.39. The lowest BCUT2D eigenvalue weighted by Crippen LogP contribution is -2.14. The van der Waals surface area contributed by atoms with Crippen molar-refractivity contribution in [3.05, 3.63) is 53.3 Å². The second-order valence-corrected chi connectivity index (χ2v) is 6.73. The molecule has 0 bridgehead atoms. The van der Waals surface area contributed by atoms with Crippen LogP contribution in [0.1, 0.15) is 25.3 Å².